The predicted octanol–water partition coefficient (Wildman–Crippen LogP) is 6.17. The van der Waals surface area contributed by atoms with Crippen LogP contribution in [0.3, 0.4) is 0 Å². The van der Waals surface area contributed by atoms with Gasteiger partial charge in [0.15, 0.2) is 0 Å². The average molecular weight is 345 g/mol. The lowest BCUT2D eigenvalue weighted by Crippen LogP contribution is -2.24. The van der Waals surface area contributed by atoms with Gasteiger partial charge in [-0.2, -0.15) is 0 Å². The molecular formula is C19H20O2S2. The van der Waals surface area contributed by atoms with Crippen LogP contribution in [0.4, 0.5) is 0 Å². The number of carbonyl (C=O) groups is 1. The first-order valence-electron chi connectivity index (χ1n) is 7.57. The highest BCUT2D eigenvalue weighted by Gasteiger charge is 2.17. The third-order valence-corrected chi connectivity index (χ3v) is 5.44. The van der Waals surface area contributed by atoms with Crippen molar-refractivity contribution in [2.24, 2.45) is 0 Å². The van der Waals surface area contributed by atoms with E-state index in [4.69, 9.17) is 4.74 Å². The van der Waals surface area contributed by atoms with Crippen LogP contribution in [0, 0.1) is 6.92 Å². The SMILES string of the molecule is C/C(=C\c1cc2cc3sc(C)cc3cc2s1)C(=O)OC(C)(C)C. The van der Waals surface area contributed by atoms with Crippen LogP contribution in [0.1, 0.15) is 37.4 Å². The van der Waals surface area contributed by atoms with Gasteiger partial charge >= 0.3 is 5.97 Å². The van der Waals surface area contributed by atoms with Gasteiger partial charge in [0.2, 0.25) is 0 Å². The van der Waals surface area contributed by atoms with E-state index in [1.807, 2.05) is 38.2 Å². The predicted molar refractivity (Wildman–Crippen MR) is 101 cm³/mol. The molecule has 0 aliphatic rings. The molecule has 1 aromatic carbocycles. The molecule has 0 bridgehead atoms. The Morgan fingerprint density at radius 3 is 2.30 bits per heavy atom. The third-order valence-electron chi connectivity index (χ3n) is 3.38. The fraction of sp³-hybridized carbons (Fsp3) is 0.316. The fourth-order valence-electron chi connectivity index (χ4n) is 2.43. The molecule has 120 valence electrons. The maximum absolute atomic E-state index is 12.1. The zero-order valence-electron chi connectivity index (χ0n) is 14.0. The van der Waals surface area contributed by atoms with E-state index in [9.17, 15) is 4.79 Å². The van der Waals surface area contributed by atoms with Gasteiger partial charge in [-0.1, -0.05) is 0 Å². The highest BCUT2D eigenvalue weighted by molar-refractivity contribution is 7.21. The Morgan fingerprint density at radius 2 is 1.65 bits per heavy atom. The van der Waals surface area contributed by atoms with Crippen LogP contribution >= 0.6 is 22.7 Å². The summed E-state index contributed by atoms with van der Waals surface area (Å²) >= 11 is 3.52. The smallest absolute Gasteiger partial charge is 0.334 e. The van der Waals surface area contributed by atoms with Crippen molar-refractivity contribution in [3.63, 3.8) is 0 Å². The number of esters is 1. The topological polar surface area (TPSA) is 26.3 Å². The van der Waals surface area contributed by atoms with Crippen molar-refractivity contribution in [3.05, 3.63) is 39.6 Å². The number of hydrogen-bond donors (Lipinski definition) is 0. The van der Waals surface area contributed by atoms with Crippen LogP contribution in [-0.4, -0.2) is 11.6 Å². The van der Waals surface area contributed by atoms with Crippen molar-refractivity contribution in [2.45, 2.75) is 40.2 Å². The summed E-state index contributed by atoms with van der Waals surface area (Å²) in [5.41, 5.74) is 0.165. The Morgan fingerprint density at radius 1 is 1.04 bits per heavy atom. The minimum absolute atomic E-state index is 0.258. The van der Waals surface area contributed by atoms with Crippen molar-refractivity contribution >= 4 is 54.9 Å². The van der Waals surface area contributed by atoms with E-state index in [1.54, 1.807) is 18.3 Å². The Hall–Kier alpha value is -1.65. The van der Waals surface area contributed by atoms with Crippen molar-refractivity contribution in [1.29, 1.82) is 0 Å². The van der Waals surface area contributed by atoms with Gasteiger partial charge in [0.05, 0.1) is 0 Å². The summed E-state index contributed by atoms with van der Waals surface area (Å²) in [7, 11) is 0. The minimum atomic E-state index is -0.464. The van der Waals surface area contributed by atoms with Gasteiger partial charge in [-0.15, -0.1) is 22.7 Å². The van der Waals surface area contributed by atoms with E-state index < -0.39 is 5.60 Å². The van der Waals surface area contributed by atoms with Crippen LogP contribution in [-0.2, 0) is 9.53 Å². The Balaban J connectivity index is 1.93. The molecule has 0 aliphatic carbocycles. The summed E-state index contributed by atoms with van der Waals surface area (Å²) in [6, 6.07) is 8.83. The Labute approximate surface area is 144 Å². The average Bonchev–Trinajstić information content (AvgIpc) is 2.94. The second kappa shape index (κ2) is 5.77. The largest absolute Gasteiger partial charge is 0.457 e. The number of ether oxygens (including phenoxy) is 1. The summed E-state index contributed by atoms with van der Waals surface area (Å²) in [5.74, 6) is -0.258. The fourth-order valence-corrected chi connectivity index (χ4v) is 4.48. The molecule has 4 heteroatoms. The van der Waals surface area contributed by atoms with Gasteiger partial charge in [-0.3, -0.25) is 0 Å². The molecule has 2 heterocycles. The molecule has 0 fully saturated rings. The Kier molecular flexibility index (Phi) is 4.07. The van der Waals surface area contributed by atoms with Crippen LogP contribution in [0.5, 0.6) is 0 Å². The van der Waals surface area contributed by atoms with E-state index >= 15 is 0 Å². The van der Waals surface area contributed by atoms with Crippen LogP contribution in [0.15, 0.2) is 29.8 Å². The summed E-state index contributed by atoms with van der Waals surface area (Å²) in [5, 5.41) is 2.52. The first-order chi connectivity index (χ1) is 10.7. The molecule has 23 heavy (non-hydrogen) atoms. The van der Waals surface area contributed by atoms with E-state index in [0.717, 1.165) is 4.88 Å². The highest BCUT2D eigenvalue weighted by Crippen LogP contribution is 2.34. The number of fused-ring (bicyclic) bond motifs is 2. The number of benzene rings is 1. The zero-order chi connectivity index (χ0) is 16.8. The van der Waals surface area contributed by atoms with Gasteiger partial charge in [-0.05, 0) is 75.7 Å². The van der Waals surface area contributed by atoms with E-state index in [2.05, 4.69) is 31.2 Å². The Bertz CT molecular complexity index is 869. The normalized spacial score (nSPS) is 13.0. The molecule has 2 aromatic heterocycles. The number of thiophene rings is 2. The standard InChI is InChI=1S/C19H20O2S2/c1-11(18(20)21-19(3,4)5)6-15-8-14-10-16-13(7-12(2)22-16)9-17(14)23-15/h6-10H,1-5H3/b11-6+. The van der Waals surface area contributed by atoms with Crippen LogP contribution in [0.25, 0.3) is 26.2 Å². The molecule has 3 rings (SSSR count). The van der Waals surface area contributed by atoms with Crippen molar-refractivity contribution < 1.29 is 9.53 Å². The zero-order valence-corrected chi connectivity index (χ0v) is 15.7. The molecule has 0 saturated carbocycles. The third kappa shape index (κ3) is 3.65. The first-order valence-corrected chi connectivity index (χ1v) is 9.20. The van der Waals surface area contributed by atoms with E-state index in [0.29, 0.717) is 5.57 Å². The molecule has 2 nitrogen and oxygen atoms in total. The van der Waals surface area contributed by atoms with Crippen molar-refractivity contribution in [2.75, 3.05) is 0 Å². The highest BCUT2D eigenvalue weighted by atomic mass is 32.1. The second-order valence-electron chi connectivity index (χ2n) is 6.76. The number of aryl methyl sites for hydroxylation is 1. The van der Waals surface area contributed by atoms with E-state index in [1.165, 1.54) is 25.0 Å². The van der Waals surface area contributed by atoms with Gasteiger partial charge in [0, 0.05) is 24.7 Å². The molecular weight excluding hydrogens is 324 g/mol. The molecule has 0 atom stereocenters. The first kappa shape index (κ1) is 16.2. The lowest BCUT2D eigenvalue weighted by Gasteiger charge is -2.19. The van der Waals surface area contributed by atoms with Crippen LogP contribution < -0.4 is 0 Å². The van der Waals surface area contributed by atoms with Crippen molar-refractivity contribution in [3.8, 4) is 0 Å². The molecule has 0 saturated heterocycles. The van der Waals surface area contributed by atoms with Gasteiger partial charge in [0.1, 0.15) is 5.60 Å². The van der Waals surface area contributed by atoms with Crippen LogP contribution in [0.2, 0.25) is 0 Å². The van der Waals surface area contributed by atoms with Gasteiger partial charge in [-0.25, -0.2) is 4.79 Å². The number of carbonyl (C=O) groups excluding carboxylic acids is 1. The maximum Gasteiger partial charge on any atom is 0.334 e. The molecule has 3 aromatic rings. The summed E-state index contributed by atoms with van der Waals surface area (Å²) in [4.78, 5) is 14.5. The molecule has 0 unspecified atom stereocenters. The molecule has 0 spiro atoms. The molecule has 0 aliphatic heterocycles. The lowest BCUT2D eigenvalue weighted by molar-refractivity contribution is -0.149. The number of rotatable bonds is 2. The molecule has 0 N–H and O–H groups in total. The maximum atomic E-state index is 12.1. The minimum Gasteiger partial charge on any atom is -0.457 e. The quantitative estimate of drug-likeness (QED) is 0.410. The van der Waals surface area contributed by atoms with E-state index in [-0.39, 0.29) is 5.97 Å². The van der Waals surface area contributed by atoms with Crippen molar-refractivity contribution in [1.82, 2.24) is 0 Å². The van der Waals surface area contributed by atoms with Gasteiger partial charge in [0.25, 0.3) is 0 Å². The second-order valence-corrected chi connectivity index (χ2v) is 9.17. The monoisotopic (exact) mass is 344 g/mol. The van der Waals surface area contributed by atoms with Gasteiger partial charge < -0.3 is 4.74 Å². The number of hydrogen-bond acceptors (Lipinski definition) is 4. The lowest BCUT2D eigenvalue weighted by atomic mass is 10.1. The summed E-state index contributed by atoms with van der Waals surface area (Å²) in [6.07, 6.45) is 1.91. The molecule has 0 radical (unpaired) electrons. The summed E-state index contributed by atoms with van der Waals surface area (Å²) < 4.78 is 7.97. The summed E-state index contributed by atoms with van der Waals surface area (Å²) in [6.45, 7) is 9.59. The molecule has 0 amide bonds.